The van der Waals surface area contributed by atoms with Crippen molar-refractivity contribution in [1.29, 1.82) is 0 Å². The Morgan fingerprint density at radius 1 is 1.67 bits per heavy atom. The van der Waals surface area contributed by atoms with Gasteiger partial charge in [0.25, 0.3) is 0 Å². The third-order valence-corrected chi connectivity index (χ3v) is 4.34. The van der Waals surface area contributed by atoms with Crippen LogP contribution >= 0.6 is 0 Å². The number of nitrogens with zero attached hydrogens (tertiary/aromatic N) is 1. The first-order chi connectivity index (χ1) is 8.47. The van der Waals surface area contributed by atoms with Gasteiger partial charge in [-0.3, -0.25) is 14.9 Å². The Labute approximate surface area is 106 Å². The Hall–Kier alpha value is -1.39. The van der Waals surface area contributed by atoms with E-state index in [4.69, 9.17) is 5.11 Å². The lowest BCUT2D eigenvalue weighted by Crippen LogP contribution is -2.50. The van der Waals surface area contributed by atoms with Crippen LogP contribution in [0, 0.1) is 27.4 Å². The molecule has 0 aromatic carbocycles. The molecule has 0 spiro atoms. The SMILES string of the molecule is CCCC1=C[C@H]2[C@H](C1)C[C@]2(CC(=O)O)C[N+](=O)[O-]. The second-order valence-corrected chi connectivity index (χ2v) is 5.69. The van der Waals surface area contributed by atoms with Crippen LogP contribution in [-0.4, -0.2) is 22.5 Å². The zero-order valence-electron chi connectivity index (χ0n) is 10.6. The molecule has 0 amide bonds. The van der Waals surface area contributed by atoms with Gasteiger partial charge in [0, 0.05) is 4.92 Å². The molecule has 5 heteroatoms. The Kier molecular flexibility index (Phi) is 3.41. The molecular formula is C13H19NO4. The highest BCUT2D eigenvalue weighted by atomic mass is 16.6. The van der Waals surface area contributed by atoms with Crippen LogP contribution in [0.4, 0.5) is 0 Å². The number of hydrogen-bond acceptors (Lipinski definition) is 3. The highest BCUT2D eigenvalue weighted by Crippen LogP contribution is 2.60. The van der Waals surface area contributed by atoms with E-state index in [2.05, 4.69) is 13.0 Å². The Bertz CT molecular complexity index is 386. The first-order valence-corrected chi connectivity index (χ1v) is 6.50. The van der Waals surface area contributed by atoms with Crippen LogP contribution in [0.1, 0.15) is 39.0 Å². The summed E-state index contributed by atoms with van der Waals surface area (Å²) in [4.78, 5) is 21.4. The largest absolute Gasteiger partial charge is 0.481 e. The third kappa shape index (κ3) is 2.26. The maximum Gasteiger partial charge on any atom is 0.304 e. The van der Waals surface area contributed by atoms with E-state index in [0.717, 1.165) is 19.3 Å². The Morgan fingerprint density at radius 2 is 2.39 bits per heavy atom. The predicted molar refractivity (Wildman–Crippen MR) is 65.8 cm³/mol. The van der Waals surface area contributed by atoms with Gasteiger partial charge >= 0.3 is 5.97 Å². The maximum atomic E-state index is 10.9. The summed E-state index contributed by atoms with van der Waals surface area (Å²) in [5.74, 6) is -0.362. The van der Waals surface area contributed by atoms with Crippen LogP contribution in [0.3, 0.4) is 0 Å². The molecule has 0 unspecified atom stereocenters. The molecule has 2 rings (SSSR count). The minimum absolute atomic E-state index is 0.0783. The second kappa shape index (κ2) is 4.71. The third-order valence-electron chi connectivity index (χ3n) is 4.34. The molecule has 5 nitrogen and oxygen atoms in total. The molecule has 1 fully saturated rings. The molecule has 3 atom stereocenters. The molecule has 0 aromatic heterocycles. The van der Waals surface area contributed by atoms with Gasteiger partial charge in [0.05, 0.1) is 11.8 Å². The number of carbonyl (C=O) groups is 1. The fourth-order valence-electron chi connectivity index (χ4n) is 3.78. The normalized spacial score (nSPS) is 33.5. The standard InChI is InChI=1S/C13H19NO4/c1-2-3-9-4-10-6-13(7-12(15)16,8-14(17)18)11(10)5-9/h5,10-11H,2-4,6-8H2,1H3,(H,15,16)/t10-,11+,13+/m1/s1. The van der Waals surface area contributed by atoms with E-state index in [9.17, 15) is 14.9 Å². The highest BCUT2D eigenvalue weighted by Gasteiger charge is 2.58. The fourth-order valence-corrected chi connectivity index (χ4v) is 3.78. The molecule has 0 saturated heterocycles. The van der Waals surface area contributed by atoms with E-state index in [-0.39, 0.29) is 23.8 Å². The average molecular weight is 253 g/mol. The Balaban J connectivity index is 2.13. The summed E-state index contributed by atoms with van der Waals surface area (Å²) < 4.78 is 0. The second-order valence-electron chi connectivity index (χ2n) is 5.69. The maximum absolute atomic E-state index is 10.9. The highest BCUT2D eigenvalue weighted by molar-refractivity contribution is 5.68. The van der Waals surface area contributed by atoms with E-state index in [1.807, 2.05) is 0 Å². The lowest BCUT2D eigenvalue weighted by molar-refractivity contribution is -0.505. The van der Waals surface area contributed by atoms with E-state index >= 15 is 0 Å². The van der Waals surface area contributed by atoms with Crippen LogP contribution in [0.5, 0.6) is 0 Å². The van der Waals surface area contributed by atoms with Gasteiger partial charge < -0.3 is 5.11 Å². The molecule has 0 heterocycles. The topological polar surface area (TPSA) is 80.4 Å². The van der Waals surface area contributed by atoms with Crippen molar-refractivity contribution in [2.24, 2.45) is 17.3 Å². The fraction of sp³-hybridized carbons (Fsp3) is 0.769. The number of hydrogen-bond donors (Lipinski definition) is 1. The summed E-state index contributed by atoms with van der Waals surface area (Å²) in [6, 6.07) is 0. The number of aliphatic carboxylic acids is 1. The number of fused-ring (bicyclic) bond motifs is 1. The van der Waals surface area contributed by atoms with Crippen LogP contribution in [0.2, 0.25) is 0 Å². The number of rotatable bonds is 6. The summed E-state index contributed by atoms with van der Waals surface area (Å²) in [7, 11) is 0. The van der Waals surface area contributed by atoms with Crippen molar-refractivity contribution < 1.29 is 14.8 Å². The van der Waals surface area contributed by atoms with Crippen molar-refractivity contribution >= 4 is 5.97 Å². The van der Waals surface area contributed by atoms with Gasteiger partial charge in [-0.05, 0) is 31.1 Å². The lowest BCUT2D eigenvalue weighted by atomic mass is 9.53. The molecule has 1 saturated carbocycles. The molecule has 2 aliphatic carbocycles. The molecule has 18 heavy (non-hydrogen) atoms. The van der Waals surface area contributed by atoms with E-state index < -0.39 is 11.4 Å². The molecular weight excluding hydrogens is 234 g/mol. The number of carboxylic acids is 1. The van der Waals surface area contributed by atoms with Gasteiger partial charge in [-0.1, -0.05) is 25.0 Å². The molecule has 1 N–H and O–H groups in total. The van der Waals surface area contributed by atoms with Crippen LogP contribution < -0.4 is 0 Å². The van der Waals surface area contributed by atoms with E-state index in [1.165, 1.54) is 5.57 Å². The molecule has 0 aromatic rings. The van der Waals surface area contributed by atoms with Gasteiger partial charge in [0.15, 0.2) is 0 Å². The van der Waals surface area contributed by atoms with Crippen LogP contribution in [-0.2, 0) is 4.79 Å². The molecule has 0 aliphatic heterocycles. The minimum atomic E-state index is -0.923. The monoisotopic (exact) mass is 253 g/mol. The number of carboxylic acid groups (broad SMARTS) is 1. The van der Waals surface area contributed by atoms with E-state index in [0.29, 0.717) is 12.3 Å². The van der Waals surface area contributed by atoms with Gasteiger partial charge in [0.2, 0.25) is 6.54 Å². The predicted octanol–water partition coefficient (Wildman–Crippen LogP) is 2.49. The van der Waals surface area contributed by atoms with E-state index in [1.54, 1.807) is 0 Å². The van der Waals surface area contributed by atoms with Crippen molar-refractivity contribution in [2.45, 2.75) is 39.0 Å². The van der Waals surface area contributed by atoms with Crippen molar-refractivity contribution in [2.75, 3.05) is 6.54 Å². The summed E-state index contributed by atoms with van der Waals surface area (Å²) in [6.07, 6.45) is 5.86. The number of allylic oxidation sites excluding steroid dienone is 2. The molecule has 0 bridgehead atoms. The molecule has 2 aliphatic rings. The summed E-state index contributed by atoms with van der Waals surface area (Å²) in [5.41, 5.74) is 0.735. The molecule has 0 radical (unpaired) electrons. The van der Waals surface area contributed by atoms with Crippen molar-refractivity contribution in [3.8, 4) is 0 Å². The van der Waals surface area contributed by atoms with Gasteiger partial charge in [0.1, 0.15) is 0 Å². The Morgan fingerprint density at radius 3 is 2.94 bits per heavy atom. The van der Waals surface area contributed by atoms with Gasteiger partial charge in [-0.15, -0.1) is 0 Å². The van der Waals surface area contributed by atoms with Crippen molar-refractivity contribution in [3.05, 3.63) is 21.8 Å². The molecule has 100 valence electrons. The first kappa shape index (κ1) is 13.1. The van der Waals surface area contributed by atoms with Crippen molar-refractivity contribution in [1.82, 2.24) is 0 Å². The average Bonchev–Trinajstić information content (AvgIpc) is 2.55. The van der Waals surface area contributed by atoms with Crippen LogP contribution in [0.25, 0.3) is 0 Å². The number of nitro groups is 1. The minimum Gasteiger partial charge on any atom is -0.481 e. The summed E-state index contributed by atoms with van der Waals surface area (Å²) >= 11 is 0. The van der Waals surface area contributed by atoms with Crippen LogP contribution in [0.15, 0.2) is 11.6 Å². The quantitative estimate of drug-likeness (QED) is 0.448. The smallest absolute Gasteiger partial charge is 0.304 e. The first-order valence-electron chi connectivity index (χ1n) is 6.50. The van der Waals surface area contributed by atoms with Gasteiger partial charge in [-0.25, -0.2) is 0 Å². The van der Waals surface area contributed by atoms with Crippen molar-refractivity contribution in [3.63, 3.8) is 0 Å². The summed E-state index contributed by atoms with van der Waals surface area (Å²) in [6.45, 7) is 1.90. The zero-order valence-corrected chi connectivity index (χ0v) is 10.6. The van der Waals surface area contributed by atoms with Gasteiger partial charge in [-0.2, -0.15) is 0 Å². The summed E-state index contributed by atoms with van der Waals surface area (Å²) in [5, 5.41) is 19.7. The lowest BCUT2D eigenvalue weighted by Gasteiger charge is -2.48. The zero-order chi connectivity index (χ0) is 13.3.